The first kappa shape index (κ1) is 12.0. The highest BCUT2D eigenvalue weighted by atomic mass is 32.2. The third kappa shape index (κ3) is 2.95. The van der Waals surface area contributed by atoms with Crippen LogP contribution in [-0.2, 0) is 15.6 Å². The third-order valence-corrected chi connectivity index (χ3v) is 3.52. The molecular formula is C9H9F3O2S. The standard InChI is InChI=1S/C9H9F3O2S/c1-2-15(13,14)5-7-8(11)3-6(10)4-9(7)12/h3-4H,2,5H2,1H3. The first-order valence-electron chi connectivity index (χ1n) is 4.19. The Bertz CT molecular complexity index is 445. The van der Waals surface area contributed by atoms with E-state index >= 15 is 0 Å². The van der Waals surface area contributed by atoms with Gasteiger partial charge in [0.05, 0.1) is 5.75 Å². The zero-order valence-corrected chi connectivity index (χ0v) is 8.74. The van der Waals surface area contributed by atoms with Crippen molar-refractivity contribution in [2.24, 2.45) is 0 Å². The normalized spacial score (nSPS) is 11.7. The second kappa shape index (κ2) is 4.22. The summed E-state index contributed by atoms with van der Waals surface area (Å²) in [7, 11) is -3.53. The van der Waals surface area contributed by atoms with E-state index in [4.69, 9.17) is 0 Å². The van der Waals surface area contributed by atoms with E-state index in [2.05, 4.69) is 0 Å². The van der Waals surface area contributed by atoms with Crippen LogP contribution in [0.1, 0.15) is 12.5 Å². The number of hydrogen-bond acceptors (Lipinski definition) is 2. The minimum Gasteiger partial charge on any atom is -0.229 e. The molecule has 1 aromatic carbocycles. The predicted molar refractivity (Wildman–Crippen MR) is 49.5 cm³/mol. The van der Waals surface area contributed by atoms with Crippen LogP contribution in [0.25, 0.3) is 0 Å². The number of benzene rings is 1. The second-order valence-electron chi connectivity index (χ2n) is 3.02. The molecule has 0 spiro atoms. The molecule has 0 aliphatic carbocycles. The molecule has 0 aliphatic heterocycles. The smallest absolute Gasteiger partial charge is 0.154 e. The first-order valence-corrected chi connectivity index (χ1v) is 6.01. The largest absolute Gasteiger partial charge is 0.229 e. The highest BCUT2D eigenvalue weighted by Gasteiger charge is 2.17. The predicted octanol–water partition coefficient (Wildman–Crippen LogP) is 2.04. The molecule has 0 saturated carbocycles. The van der Waals surface area contributed by atoms with Gasteiger partial charge in [0.15, 0.2) is 9.84 Å². The van der Waals surface area contributed by atoms with Crippen molar-refractivity contribution in [1.29, 1.82) is 0 Å². The Morgan fingerprint density at radius 1 is 1.13 bits per heavy atom. The quantitative estimate of drug-likeness (QED) is 0.807. The van der Waals surface area contributed by atoms with Gasteiger partial charge in [-0.1, -0.05) is 6.92 Å². The van der Waals surface area contributed by atoms with Gasteiger partial charge in [0.2, 0.25) is 0 Å². The molecule has 0 saturated heterocycles. The Kier molecular flexibility index (Phi) is 3.38. The molecule has 0 unspecified atom stereocenters. The monoisotopic (exact) mass is 238 g/mol. The van der Waals surface area contributed by atoms with E-state index in [9.17, 15) is 21.6 Å². The zero-order chi connectivity index (χ0) is 11.6. The van der Waals surface area contributed by atoms with Crippen molar-refractivity contribution in [3.05, 3.63) is 35.1 Å². The molecule has 6 heteroatoms. The number of hydrogen-bond donors (Lipinski definition) is 0. The van der Waals surface area contributed by atoms with Gasteiger partial charge in [0, 0.05) is 23.4 Å². The molecule has 1 aromatic rings. The molecular weight excluding hydrogens is 229 g/mol. The van der Waals surface area contributed by atoms with Crippen molar-refractivity contribution < 1.29 is 21.6 Å². The molecule has 84 valence electrons. The minimum absolute atomic E-state index is 0.219. The molecule has 0 aliphatic rings. The van der Waals surface area contributed by atoms with E-state index in [-0.39, 0.29) is 5.75 Å². The van der Waals surface area contributed by atoms with Crippen LogP contribution in [0, 0.1) is 17.5 Å². The van der Waals surface area contributed by atoms with Gasteiger partial charge >= 0.3 is 0 Å². The molecule has 0 heterocycles. The van der Waals surface area contributed by atoms with E-state index < -0.39 is 38.6 Å². The highest BCUT2D eigenvalue weighted by Crippen LogP contribution is 2.17. The van der Waals surface area contributed by atoms with Crippen LogP contribution < -0.4 is 0 Å². The Hall–Kier alpha value is -1.04. The van der Waals surface area contributed by atoms with Crippen molar-refractivity contribution in [3.8, 4) is 0 Å². The van der Waals surface area contributed by atoms with Crippen molar-refractivity contribution in [2.45, 2.75) is 12.7 Å². The molecule has 0 amide bonds. The molecule has 0 fully saturated rings. The van der Waals surface area contributed by atoms with Crippen LogP contribution >= 0.6 is 0 Å². The molecule has 0 bridgehead atoms. The topological polar surface area (TPSA) is 34.1 Å². The summed E-state index contributed by atoms with van der Waals surface area (Å²) in [5.41, 5.74) is -0.613. The summed E-state index contributed by atoms with van der Waals surface area (Å²) in [5.74, 6) is -4.39. The molecule has 0 radical (unpaired) electrons. The molecule has 15 heavy (non-hydrogen) atoms. The van der Waals surface area contributed by atoms with Gasteiger partial charge in [0.25, 0.3) is 0 Å². The van der Waals surface area contributed by atoms with Crippen LogP contribution in [0.5, 0.6) is 0 Å². The van der Waals surface area contributed by atoms with Crippen LogP contribution in [0.2, 0.25) is 0 Å². The summed E-state index contributed by atoms with van der Waals surface area (Å²) >= 11 is 0. The average molecular weight is 238 g/mol. The van der Waals surface area contributed by atoms with Crippen LogP contribution in [-0.4, -0.2) is 14.2 Å². The maximum atomic E-state index is 13.0. The first-order chi connectivity index (χ1) is 6.85. The summed E-state index contributed by atoms with van der Waals surface area (Å²) in [6.45, 7) is 1.37. The third-order valence-electron chi connectivity index (χ3n) is 1.91. The fourth-order valence-corrected chi connectivity index (χ4v) is 1.95. The maximum Gasteiger partial charge on any atom is 0.154 e. The Labute approximate surface area is 85.6 Å². The Morgan fingerprint density at radius 2 is 1.60 bits per heavy atom. The molecule has 0 aromatic heterocycles. The van der Waals surface area contributed by atoms with Crippen molar-refractivity contribution in [3.63, 3.8) is 0 Å². The van der Waals surface area contributed by atoms with Crippen LogP contribution in [0.3, 0.4) is 0 Å². The van der Waals surface area contributed by atoms with E-state index in [1.807, 2.05) is 0 Å². The minimum atomic E-state index is -3.53. The highest BCUT2D eigenvalue weighted by molar-refractivity contribution is 7.90. The van der Waals surface area contributed by atoms with Crippen molar-refractivity contribution in [2.75, 3.05) is 5.75 Å². The Morgan fingerprint density at radius 3 is 2.00 bits per heavy atom. The van der Waals surface area contributed by atoms with Crippen LogP contribution in [0.4, 0.5) is 13.2 Å². The van der Waals surface area contributed by atoms with Gasteiger partial charge in [-0.2, -0.15) is 0 Å². The van der Waals surface area contributed by atoms with Crippen LogP contribution in [0.15, 0.2) is 12.1 Å². The molecule has 0 atom stereocenters. The lowest BCUT2D eigenvalue weighted by Crippen LogP contribution is -2.10. The molecule has 0 N–H and O–H groups in total. The Balaban J connectivity index is 3.17. The summed E-state index contributed by atoms with van der Waals surface area (Å²) in [4.78, 5) is 0. The number of rotatable bonds is 3. The summed E-state index contributed by atoms with van der Waals surface area (Å²) in [6, 6.07) is 0.924. The lowest BCUT2D eigenvalue weighted by atomic mass is 10.2. The van der Waals surface area contributed by atoms with Gasteiger partial charge < -0.3 is 0 Å². The van der Waals surface area contributed by atoms with Gasteiger partial charge in [-0.25, -0.2) is 21.6 Å². The van der Waals surface area contributed by atoms with Gasteiger partial charge in [-0.3, -0.25) is 0 Å². The fourth-order valence-electron chi connectivity index (χ4n) is 1.03. The summed E-state index contributed by atoms with van der Waals surface area (Å²) in [6.07, 6.45) is 0. The second-order valence-corrected chi connectivity index (χ2v) is 5.38. The fraction of sp³-hybridized carbons (Fsp3) is 0.333. The molecule has 2 nitrogen and oxygen atoms in total. The summed E-state index contributed by atoms with van der Waals surface area (Å²) in [5, 5.41) is 0. The summed E-state index contributed by atoms with van der Waals surface area (Å²) < 4.78 is 60.8. The van der Waals surface area contributed by atoms with Crippen molar-refractivity contribution in [1.82, 2.24) is 0 Å². The number of halogens is 3. The van der Waals surface area contributed by atoms with Crippen molar-refractivity contribution >= 4 is 9.84 Å². The maximum absolute atomic E-state index is 13.0. The zero-order valence-electron chi connectivity index (χ0n) is 7.93. The van der Waals surface area contributed by atoms with Gasteiger partial charge in [0.1, 0.15) is 17.5 Å². The van der Waals surface area contributed by atoms with Gasteiger partial charge in [-0.05, 0) is 0 Å². The van der Waals surface area contributed by atoms with E-state index in [1.165, 1.54) is 6.92 Å². The lowest BCUT2D eigenvalue weighted by molar-refractivity contribution is 0.526. The lowest BCUT2D eigenvalue weighted by Gasteiger charge is -2.04. The van der Waals surface area contributed by atoms with E-state index in [0.29, 0.717) is 12.1 Å². The van der Waals surface area contributed by atoms with E-state index in [0.717, 1.165) is 0 Å². The molecule has 1 rings (SSSR count). The SMILES string of the molecule is CCS(=O)(=O)Cc1c(F)cc(F)cc1F. The van der Waals surface area contributed by atoms with Gasteiger partial charge in [-0.15, -0.1) is 0 Å². The number of sulfone groups is 1. The average Bonchev–Trinajstić information content (AvgIpc) is 2.11. The van der Waals surface area contributed by atoms with E-state index in [1.54, 1.807) is 0 Å².